The van der Waals surface area contributed by atoms with E-state index in [-0.39, 0.29) is 89.4 Å². The normalized spacial score (nSPS) is 3.12. The molecule has 40 valence electrons. The van der Waals surface area contributed by atoms with Crippen LogP contribution in [0, 0.1) is 0 Å². The first-order valence-electron chi connectivity index (χ1n) is 0.908. The van der Waals surface area contributed by atoms with Gasteiger partial charge in [0.15, 0.2) is 0 Å². The summed E-state index contributed by atoms with van der Waals surface area (Å²) in [5.41, 5.74) is 0. The SMILES string of the molecule is CC(=O)[O-].[Ba+2].[Na+].[OH-].[OH-]. The largest absolute Gasteiger partial charge is 2.00 e. The Morgan fingerprint density at radius 2 is 1.38 bits per heavy atom. The molecule has 0 aliphatic rings. The van der Waals surface area contributed by atoms with Crippen molar-refractivity contribution in [2.75, 3.05) is 0 Å². The van der Waals surface area contributed by atoms with Crippen LogP contribution in [0.1, 0.15) is 6.92 Å². The molecular formula is C2H5BaNaO4. The Bertz CT molecular complexity index is 37.0. The van der Waals surface area contributed by atoms with Crippen LogP contribution >= 0.6 is 0 Å². The second-order valence-electron chi connectivity index (χ2n) is 0.492. The van der Waals surface area contributed by atoms with E-state index in [1.807, 2.05) is 0 Å². The summed E-state index contributed by atoms with van der Waals surface area (Å²) in [6.07, 6.45) is 0. The van der Waals surface area contributed by atoms with Crippen LogP contribution in [-0.2, 0) is 4.79 Å². The molecule has 0 aromatic heterocycles. The number of carbonyl (C=O) groups excluding carboxylic acids is 1. The minimum Gasteiger partial charge on any atom is -0.870 e. The fourth-order valence-corrected chi connectivity index (χ4v) is 0. The minimum absolute atomic E-state index is 0. The van der Waals surface area contributed by atoms with Crippen molar-refractivity contribution in [2.24, 2.45) is 0 Å². The maximum Gasteiger partial charge on any atom is 2.00 e. The third-order valence-corrected chi connectivity index (χ3v) is 0. The third kappa shape index (κ3) is 100. The van der Waals surface area contributed by atoms with Gasteiger partial charge in [-0.15, -0.1) is 0 Å². The van der Waals surface area contributed by atoms with E-state index in [2.05, 4.69) is 0 Å². The van der Waals surface area contributed by atoms with E-state index in [1.165, 1.54) is 0 Å². The van der Waals surface area contributed by atoms with E-state index in [4.69, 9.17) is 9.90 Å². The fraction of sp³-hybridized carbons (Fsp3) is 0.500. The Morgan fingerprint density at radius 3 is 1.38 bits per heavy atom. The van der Waals surface area contributed by atoms with Crippen molar-refractivity contribution >= 4 is 54.9 Å². The molecule has 0 saturated carbocycles. The van der Waals surface area contributed by atoms with Gasteiger partial charge < -0.3 is 20.9 Å². The van der Waals surface area contributed by atoms with Gasteiger partial charge in [-0.3, -0.25) is 0 Å². The number of carboxylic acid groups (broad SMARTS) is 1. The summed E-state index contributed by atoms with van der Waals surface area (Å²) in [6.45, 7) is 0.972. The third-order valence-electron chi connectivity index (χ3n) is 0. The zero-order chi connectivity index (χ0) is 3.58. The minimum atomic E-state index is -1.08. The van der Waals surface area contributed by atoms with E-state index in [0.29, 0.717) is 0 Å². The number of hydrogen-bond acceptors (Lipinski definition) is 4. The van der Waals surface area contributed by atoms with Gasteiger partial charge in [-0.05, 0) is 6.92 Å². The van der Waals surface area contributed by atoms with Crippen LogP contribution in [0.25, 0.3) is 0 Å². The first-order chi connectivity index (χ1) is 1.73. The van der Waals surface area contributed by atoms with E-state index >= 15 is 0 Å². The molecule has 0 rings (SSSR count). The zero-order valence-corrected chi connectivity index (χ0v) is 11.4. The molecule has 0 atom stereocenters. The maximum atomic E-state index is 8.89. The van der Waals surface area contributed by atoms with Crippen LogP contribution in [0.3, 0.4) is 0 Å². The zero-order valence-electron chi connectivity index (χ0n) is 4.92. The number of hydrogen-bond donors (Lipinski definition) is 0. The molecule has 0 spiro atoms. The van der Waals surface area contributed by atoms with Crippen LogP contribution < -0.4 is 34.7 Å². The summed E-state index contributed by atoms with van der Waals surface area (Å²) < 4.78 is 0. The van der Waals surface area contributed by atoms with Crippen molar-refractivity contribution in [1.82, 2.24) is 0 Å². The molecule has 0 unspecified atom stereocenters. The van der Waals surface area contributed by atoms with Crippen molar-refractivity contribution < 1.29 is 50.4 Å². The molecule has 0 saturated heterocycles. The first-order valence-corrected chi connectivity index (χ1v) is 0.908. The van der Waals surface area contributed by atoms with Crippen molar-refractivity contribution in [3.05, 3.63) is 0 Å². The summed E-state index contributed by atoms with van der Waals surface area (Å²) in [6, 6.07) is 0. The number of carboxylic acids is 1. The predicted octanol–water partition coefficient (Wildman–Crippen LogP) is -4.97. The van der Waals surface area contributed by atoms with Gasteiger partial charge in [-0.1, -0.05) is 0 Å². The standard InChI is InChI=1S/C2H4O2.Ba.Na.2H2O/c1-2(3)4;;;;/h1H3,(H,3,4);;;2*1H2/q;+2;+1;;/p-3. The summed E-state index contributed by atoms with van der Waals surface area (Å²) in [5, 5.41) is 8.89. The Morgan fingerprint density at radius 1 is 1.38 bits per heavy atom. The molecule has 0 aromatic rings. The van der Waals surface area contributed by atoms with Gasteiger partial charge in [0.2, 0.25) is 0 Å². The van der Waals surface area contributed by atoms with E-state index in [9.17, 15) is 0 Å². The van der Waals surface area contributed by atoms with Gasteiger partial charge >= 0.3 is 78.4 Å². The van der Waals surface area contributed by atoms with Gasteiger partial charge in [-0.25, -0.2) is 0 Å². The van der Waals surface area contributed by atoms with E-state index < -0.39 is 5.97 Å². The molecule has 0 aromatic carbocycles. The summed E-state index contributed by atoms with van der Waals surface area (Å²) >= 11 is 0. The van der Waals surface area contributed by atoms with E-state index in [0.717, 1.165) is 6.92 Å². The molecule has 0 fully saturated rings. The Balaban J connectivity index is -0.00000000750. The first kappa shape index (κ1) is 32.5. The maximum absolute atomic E-state index is 8.89. The van der Waals surface area contributed by atoms with Crippen LogP contribution in [-0.4, -0.2) is 65.8 Å². The Labute approximate surface area is 110 Å². The second-order valence-corrected chi connectivity index (χ2v) is 0.492. The predicted molar refractivity (Wildman–Crippen MR) is 20.3 cm³/mol. The monoisotopic (exact) mass is 254 g/mol. The molecule has 0 amide bonds. The van der Waals surface area contributed by atoms with Crippen molar-refractivity contribution in [2.45, 2.75) is 6.92 Å². The quantitative estimate of drug-likeness (QED) is 0.404. The molecule has 0 heterocycles. The van der Waals surface area contributed by atoms with Crippen LogP contribution in [0.15, 0.2) is 0 Å². The molecule has 0 radical (unpaired) electrons. The van der Waals surface area contributed by atoms with Gasteiger partial charge in [0, 0.05) is 5.97 Å². The van der Waals surface area contributed by atoms with Crippen molar-refractivity contribution in [3.8, 4) is 0 Å². The molecule has 8 heavy (non-hydrogen) atoms. The average molecular weight is 253 g/mol. The summed E-state index contributed by atoms with van der Waals surface area (Å²) in [4.78, 5) is 8.89. The topological polar surface area (TPSA) is 100 Å². The molecular weight excluding hydrogens is 248 g/mol. The van der Waals surface area contributed by atoms with Crippen LogP contribution in [0.2, 0.25) is 0 Å². The smallest absolute Gasteiger partial charge is 0.870 e. The number of carbonyl (C=O) groups is 1. The van der Waals surface area contributed by atoms with Crippen LogP contribution in [0.4, 0.5) is 0 Å². The molecule has 0 aliphatic carbocycles. The Kier molecular flexibility index (Phi) is 93.7. The van der Waals surface area contributed by atoms with Crippen LogP contribution in [0.5, 0.6) is 0 Å². The molecule has 4 nitrogen and oxygen atoms in total. The van der Waals surface area contributed by atoms with Crippen molar-refractivity contribution in [3.63, 3.8) is 0 Å². The molecule has 0 aliphatic heterocycles. The second kappa shape index (κ2) is 23.1. The van der Waals surface area contributed by atoms with Gasteiger partial charge in [0.05, 0.1) is 0 Å². The molecule has 6 heteroatoms. The average Bonchev–Trinajstić information content (AvgIpc) is 0.811. The Hall–Kier alpha value is 1.96. The number of aliphatic carboxylic acids is 1. The molecule has 0 bridgehead atoms. The van der Waals surface area contributed by atoms with Gasteiger partial charge in [0.25, 0.3) is 0 Å². The summed E-state index contributed by atoms with van der Waals surface area (Å²) in [5.74, 6) is -1.08. The summed E-state index contributed by atoms with van der Waals surface area (Å²) in [7, 11) is 0. The van der Waals surface area contributed by atoms with Gasteiger partial charge in [-0.2, -0.15) is 0 Å². The van der Waals surface area contributed by atoms with E-state index in [1.54, 1.807) is 0 Å². The molecule has 2 N–H and O–H groups in total. The fourth-order valence-electron chi connectivity index (χ4n) is 0. The number of rotatable bonds is 0. The van der Waals surface area contributed by atoms with Gasteiger partial charge in [0.1, 0.15) is 0 Å². The van der Waals surface area contributed by atoms with Crippen molar-refractivity contribution in [1.29, 1.82) is 0 Å².